The van der Waals surface area contributed by atoms with Crippen molar-refractivity contribution in [3.63, 3.8) is 0 Å². The molecule has 0 saturated carbocycles. The molecule has 0 unspecified atom stereocenters. The zero-order valence-electron chi connectivity index (χ0n) is 12.4. The lowest BCUT2D eigenvalue weighted by Crippen LogP contribution is -1.98. The van der Waals surface area contributed by atoms with E-state index in [-0.39, 0.29) is 0 Å². The van der Waals surface area contributed by atoms with Crippen LogP contribution in [0, 0.1) is 6.92 Å². The number of hydrogen-bond acceptors (Lipinski definition) is 2. The van der Waals surface area contributed by atoms with Crippen molar-refractivity contribution in [3.8, 4) is 0 Å². The maximum atomic E-state index is 6.23. The van der Waals surface area contributed by atoms with Gasteiger partial charge in [0, 0.05) is 35.9 Å². The van der Waals surface area contributed by atoms with Gasteiger partial charge in [-0.1, -0.05) is 29.3 Å². The minimum absolute atomic E-state index is 0.549. The van der Waals surface area contributed by atoms with Crippen LogP contribution in [0.1, 0.15) is 11.1 Å². The number of aromatic nitrogens is 3. The van der Waals surface area contributed by atoms with E-state index in [1.807, 2.05) is 18.2 Å². The van der Waals surface area contributed by atoms with Crippen LogP contribution in [0.25, 0.3) is 21.8 Å². The predicted molar refractivity (Wildman–Crippen MR) is 95.3 cm³/mol. The first-order chi connectivity index (χ1) is 11.1. The molecule has 3 aromatic heterocycles. The molecule has 0 spiro atoms. The van der Waals surface area contributed by atoms with Crippen LogP contribution < -0.4 is 0 Å². The van der Waals surface area contributed by atoms with Crippen LogP contribution in [0.15, 0.2) is 48.9 Å². The molecule has 0 radical (unpaired) electrons. The minimum Gasteiger partial charge on any atom is -0.343 e. The van der Waals surface area contributed by atoms with Crippen LogP contribution >= 0.6 is 23.2 Å². The molecule has 0 amide bonds. The van der Waals surface area contributed by atoms with Gasteiger partial charge in [-0.15, -0.1) is 0 Å². The molecule has 3 heterocycles. The number of benzene rings is 1. The third-order valence-electron chi connectivity index (χ3n) is 4.00. The molecule has 4 rings (SSSR count). The molecule has 5 heteroatoms. The SMILES string of the molecule is Cc1cn(Cc2ccc3ncc(Cl)cc3c2)c2ccnc(Cl)c12. The molecule has 0 aliphatic rings. The molecule has 0 N–H and O–H groups in total. The van der Waals surface area contributed by atoms with Crippen molar-refractivity contribution in [3.05, 3.63) is 70.2 Å². The molecular formula is C18H13Cl2N3. The Morgan fingerprint density at radius 3 is 2.83 bits per heavy atom. The van der Waals surface area contributed by atoms with Crippen molar-refractivity contribution in [2.75, 3.05) is 0 Å². The van der Waals surface area contributed by atoms with Gasteiger partial charge in [0.25, 0.3) is 0 Å². The third-order valence-corrected chi connectivity index (χ3v) is 4.49. The number of aryl methyl sites for hydroxylation is 1. The number of fused-ring (bicyclic) bond motifs is 2. The van der Waals surface area contributed by atoms with E-state index in [0.29, 0.717) is 10.2 Å². The molecule has 0 aliphatic carbocycles. The van der Waals surface area contributed by atoms with Crippen LogP contribution in [0.2, 0.25) is 10.2 Å². The fraction of sp³-hybridized carbons (Fsp3) is 0.111. The van der Waals surface area contributed by atoms with E-state index < -0.39 is 0 Å². The lowest BCUT2D eigenvalue weighted by Gasteiger charge is -2.07. The van der Waals surface area contributed by atoms with E-state index in [1.165, 1.54) is 5.56 Å². The fourth-order valence-electron chi connectivity index (χ4n) is 2.98. The van der Waals surface area contributed by atoms with Crippen LogP contribution in [-0.4, -0.2) is 14.5 Å². The lowest BCUT2D eigenvalue weighted by atomic mass is 10.1. The first kappa shape index (κ1) is 14.5. The largest absolute Gasteiger partial charge is 0.343 e. The van der Waals surface area contributed by atoms with E-state index in [4.69, 9.17) is 23.2 Å². The molecular weight excluding hydrogens is 329 g/mol. The Kier molecular flexibility index (Phi) is 3.47. The molecule has 3 nitrogen and oxygen atoms in total. The average molecular weight is 342 g/mol. The fourth-order valence-corrected chi connectivity index (χ4v) is 3.45. The van der Waals surface area contributed by atoms with Crippen molar-refractivity contribution >= 4 is 45.0 Å². The smallest absolute Gasteiger partial charge is 0.138 e. The Labute approximate surface area is 143 Å². The molecule has 4 aromatic rings. The highest BCUT2D eigenvalue weighted by Crippen LogP contribution is 2.27. The molecule has 0 atom stereocenters. The lowest BCUT2D eigenvalue weighted by molar-refractivity contribution is 0.835. The van der Waals surface area contributed by atoms with Gasteiger partial charge in [0.05, 0.1) is 16.1 Å². The number of pyridine rings is 2. The topological polar surface area (TPSA) is 30.7 Å². The normalized spacial score (nSPS) is 11.4. The predicted octanol–water partition coefficient (Wildman–Crippen LogP) is 5.25. The van der Waals surface area contributed by atoms with E-state index >= 15 is 0 Å². The highest BCUT2D eigenvalue weighted by Gasteiger charge is 2.10. The van der Waals surface area contributed by atoms with Gasteiger partial charge in [0.1, 0.15) is 5.15 Å². The summed E-state index contributed by atoms with van der Waals surface area (Å²) in [6.07, 6.45) is 5.52. The monoisotopic (exact) mass is 341 g/mol. The van der Waals surface area contributed by atoms with Crippen LogP contribution in [0.5, 0.6) is 0 Å². The second kappa shape index (κ2) is 5.52. The summed E-state index contributed by atoms with van der Waals surface area (Å²) in [5.41, 5.74) is 4.35. The molecule has 114 valence electrons. The standard InChI is InChI=1S/C18H13Cl2N3/c1-11-9-23(16-4-5-21-18(20)17(11)16)10-12-2-3-15-13(6-12)7-14(19)8-22-15/h2-9H,10H2,1H3. The molecule has 1 aromatic carbocycles. The van der Waals surface area contributed by atoms with Crippen molar-refractivity contribution in [2.45, 2.75) is 13.5 Å². The van der Waals surface area contributed by atoms with Gasteiger partial charge in [-0.25, -0.2) is 4.98 Å². The highest BCUT2D eigenvalue weighted by atomic mass is 35.5. The van der Waals surface area contributed by atoms with Crippen molar-refractivity contribution in [1.82, 2.24) is 14.5 Å². The van der Waals surface area contributed by atoms with Gasteiger partial charge in [-0.05, 0) is 42.3 Å². The van der Waals surface area contributed by atoms with E-state index in [0.717, 1.165) is 33.9 Å². The maximum Gasteiger partial charge on any atom is 0.138 e. The Hall–Kier alpha value is -2.10. The molecule has 0 bridgehead atoms. The van der Waals surface area contributed by atoms with Crippen LogP contribution in [0.4, 0.5) is 0 Å². The summed E-state index contributed by atoms with van der Waals surface area (Å²) < 4.78 is 2.19. The number of halogens is 2. The van der Waals surface area contributed by atoms with Crippen molar-refractivity contribution < 1.29 is 0 Å². The van der Waals surface area contributed by atoms with Gasteiger partial charge in [-0.3, -0.25) is 4.98 Å². The highest BCUT2D eigenvalue weighted by molar-refractivity contribution is 6.34. The second-order valence-electron chi connectivity index (χ2n) is 5.62. The summed E-state index contributed by atoms with van der Waals surface area (Å²) in [5, 5.41) is 3.26. The van der Waals surface area contributed by atoms with E-state index in [9.17, 15) is 0 Å². The Balaban J connectivity index is 1.80. The molecule has 0 saturated heterocycles. The van der Waals surface area contributed by atoms with Crippen molar-refractivity contribution in [2.24, 2.45) is 0 Å². The zero-order valence-corrected chi connectivity index (χ0v) is 13.9. The minimum atomic E-state index is 0.549. The second-order valence-corrected chi connectivity index (χ2v) is 6.41. The molecule has 0 fully saturated rings. The summed E-state index contributed by atoms with van der Waals surface area (Å²) in [6, 6.07) is 10.2. The van der Waals surface area contributed by atoms with E-state index in [2.05, 4.69) is 39.8 Å². The number of hydrogen-bond donors (Lipinski definition) is 0. The summed E-state index contributed by atoms with van der Waals surface area (Å²) in [6.45, 7) is 2.81. The van der Waals surface area contributed by atoms with Gasteiger partial charge in [-0.2, -0.15) is 0 Å². The first-order valence-corrected chi connectivity index (χ1v) is 8.01. The number of nitrogens with zero attached hydrogens (tertiary/aromatic N) is 3. The van der Waals surface area contributed by atoms with Gasteiger partial charge >= 0.3 is 0 Å². The van der Waals surface area contributed by atoms with Gasteiger partial charge in [0.2, 0.25) is 0 Å². The summed E-state index contributed by atoms with van der Waals surface area (Å²) in [7, 11) is 0. The quantitative estimate of drug-likeness (QED) is 0.466. The maximum absolute atomic E-state index is 6.23. The Bertz CT molecular complexity index is 1040. The van der Waals surface area contributed by atoms with Gasteiger partial charge in [0.15, 0.2) is 0 Å². The Morgan fingerprint density at radius 2 is 1.96 bits per heavy atom. The summed E-state index contributed by atoms with van der Waals surface area (Å²) in [4.78, 5) is 8.50. The van der Waals surface area contributed by atoms with Crippen LogP contribution in [-0.2, 0) is 6.54 Å². The number of rotatable bonds is 2. The average Bonchev–Trinajstić information content (AvgIpc) is 2.84. The van der Waals surface area contributed by atoms with Crippen molar-refractivity contribution in [1.29, 1.82) is 0 Å². The first-order valence-electron chi connectivity index (χ1n) is 7.26. The van der Waals surface area contributed by atoms with Crippen LogP contribution in [0.3, 0.4) is 0 Å². The third kappa shape index (κ3) is 2.56. The molecule has 23 heavy (non-hydrogen) atoms. The van der Waals surface area contributed by atoms with E-state index in [1.54, 1.807) is 12.4 Å². The Morgan fingerprint density at radius 1 is 1.09 bits per heavy atom. The van der Waals surface area contributed by atoms with Gasteiger partial charge < -0.3 is 4.57 Å². The summed E-state index contributed by atoms with van der Waals surface area (Å²) >= 11 is 12.3. The molecule has 0 aliphatic heterocycles. The zero-order chi connectivity index (χ0) is 16.0. The summed E-state index contributed by atoms with van der Waals surface area (Å²) in [5.74, 6) is 0.